The number of benzene rings is 2. The highest BCUT2D eigenvalue weighted by Gasteiger charge is 2.14. The second-order valence-electron chi connectivity index (χ2n) is 6.42. The molecular weight excluding hydrogens is 372 g/mol. The van der Waals surface area contributed by atoms with Crippen molar-refractivity contribution in [3.05, 3.63) is 65.4 Å². The van der Waals surface area contributed by atoms with Crippen molar-refractivity contribution in [2.24, 2.45) is 0 Å². The van der Waals surface area contributed by atoms with E-state index in [-0.39, 0.29) is 6.79 Å². The number of hydrogen-bond donors (Lipinski definition) is 2. The number of anilines is 3. The van der Waals surface area contributed by atoms with E-state index in [1.807, 2.05) is 37.3 Å². The lowest BCUT2D eigenvalue weighted by molar-refractivity contribution is 0.0602. The Morgan fingerprint density at radius 3 is 2.79 bits per heavy atom. The van der Waals surface area contributed by atoms with Gasteiger partial charge in [-0.15, -0.1) is 0 Å². The second-order valence-corrected chi connectivity index (χ2v) is 6.42. The molecule has 3 aromatic rings. The molecule has 2 N–H and O–H groups in total. The number of esters is 1. The summed E-state index contributed by atoms with van der Waals surface area (Å²) >= 11 is 0. The molecule has 148 valence electrons. The van der Waals surface area contributed by atoms with Gasteiger partial charge < -0.3 is 24.8 Å². The summed E-state index contributed by atoms with van der Waals surface area (Å²) in [5, 5.41) is 6.39. The van der Waals surface area contributed by atoms with Crippen molar-refractivity contribution in [3.8, 4) is 11.5 Å². The van der Waals surface area contributed by atoms with Gasteiger partial charge >= 0.3 is 5.97 Å². The average Bonchev–Trinajstić information content (AvgIpc) is 3.19. The summed E-state index contributed by atoms with van der Waals surface area (Å²) in [4.78, 5) is 20.9. The van der Waals surface area contributed by atoms with Crippen molar-refractivity contribution >= 4 is 23.4 Å². The lowest BCUT2D eigenvalue weighted by Crippen LogP contribution is -2.09. The third kappa shape index (κ3) is 4.21. The van der Waals surface area contributed by atoms with Gasteiger partial charge in [0.25, 0.3) is 0 Å². The summed E-state index contributed by atoms with van der Waals surface area (Å²) in [6.07, 6.45) is 0. The fourth-order valence-electron chi connectivity index (χ4n) is 2.96. The average molecular weight is 392 g/mol. The lowest BCUT2D eigenvalue weighted by atomic mass is 10.2. The number of aromatic nitrogens is 2. The van der Waals surface area contributed by atoms with Crippen LogP contribution in [-0.2, 0) is 11.3 Å². The number of rotatable bonds is 6. The van der Waals surface area contributed by atoms with Crippen LogP contribution in [-0.4, -0.2) is 29.8 Å². The molecule has 0 amide bonds. The van der Waals surface area contributed by atoms with Crippen molar-refractivity contribution in [3.63, 3.8) is 0 Å². The second kappa shape index (κ2) is 8.05. The molecule has 0 saturated heterocycles. The first-order chi connectivity index (χ1) is 14.1. The maximum atomic E-state index is 12.0. The van der Waals surface area contributed by atoms with Gasteiger partial charge in [-0.05, 0) is 36.8 Å². The molecule has 0 aliphatic carbocycles. The largest absolute Gasteiger partial charge is 0.465 e. The third-order valence-corrected chi connectivity index (χ3v) is 4.34. The van der Waals surface area contributed by atoms with E-state index in [0.29, 0.717) is 29.6 Å². The van der Waals surface area contributed by atoms with Gasteiger partial charge in [-0.2, -0.15) is 4.98 Å². The molecule has 1 aliphatic rings. The van der Waals surface area contributed by atoms with Gasteiger partial charge in [0.1, 0.15) is 5.82 Å². The van der Waals surface area contributed by atoms with Crippen molar-refractivity contribution < 1.29 is 19.0 Å². The minimum absolute atomic E-state index is 0.249. The van der Waals surface area contributed by atoms with Crippen LogP contribution in [0.5, 0.6) is 11.5 Å². The molecule has 0 fully saturated rings. The Balaban J connectivity index is 1.50. The fraction of sp³-hybridized carbons (Fsp3) is 0.190. The molecule has 4 rings (SSSR count). The summed E-state index contributed by atoms with van der Waals surface area (Å²) in [7, 11) is 1.35. The quantitative estimate of drug-likeness (QED) is 0.614. The predicted molar refractivity (Wildman–Crippen MR) is 108 cm³/mol. The van der Waals surface area contributed by atoms with E-state index in [4.69, 9.17) is 14.2 Å². The zero-order chi connectivity index (χ0) is 20.2. The number of carbonyl (C=O) groups excluding carboxylic acids is 1. The van der Waals surface area contributed by atoms with E-state index in [1.165, 1.54) is 7.11 Å². The number of fused-ring (bicyclic) bond motifs is 1. The zero-order valence-electron chi connectivity index (χ0n) is 16.1. The Labute approximate surface area is 167 Å². The normalized spacial score (nSPS) is 11.8. The SMILES string of the molecule is COC(=O)c1ccccc1Nc1nc(C)cc(NCc2ccc3c(c2)OCO3)n1. The standard InChI is InChI=1S/C21H20N4O4/c1-13-9-19(22-11-14-7-8-17-18(10-14)29-12-28-17)25-21(23-13)24-16-6-4-3-5-15(16)20(26)27-2/h3-10H,11-12H2,1-2H3,(H2,22,23,24,25). The first-order valence-corrected chi connectivity index (χ1v) is 9.05. The topological polar surface area (TPSA) is 94.6 Å². The van der Waals surface area contributed by atoms with Crippen molar-refractivity contribution in [1.29, 1.82) is 0 Å². The molecule has 0 bridgehead atoms. The molecular formula is C21H20N4O4. The Hall–Kier alpha value is -3.81. The Bertz CT molecular complexity index is 1050. The van der Waals surface area contributed by atoms with Gasteiger partial charge in [-0.25, -0.2) is 9.78 Å². The summed E-state index contributed by atoms with van der Waals surface area (Å²) in [5.41, 5.74) is 2.81. The number of carbonyl (C=O) groups is 1. The molecule has 1 aliphatic heterocycles. The minimum atomic E-state index is -0.429. The highest BCUT2D eigenvalue weighted by Crippen LogP contribution is 2.32. The molecule has 0 unspecified atom stereocenters. The summed E-state index contributed by atoms with van der Waals surface area (Å²) in [6, 6.07) is 14.7. The maximum absolute atomic E-state index is 12.0. The highest BCUT2D eigenvalue weighted by atomic mass is 16.7. The van der Waals surface area contributed by atoms with Crippen LogP contribution >= 0.6 is 0 Å². The molecule has 1 aromatic heterocycles. The number of methoxy groups -OCH3 is 1. The number of nitrogens with zero attached hydrogens (tertiary/aromatic N) is 2. The molecule has 0 spiro atoms. The molecule has 0 saturated carbocycles. The molecule has 8 nitrogen and oxygen atoms in total. The maximum Gasteiger partial charge on any atom is 0.339 e. The molecule has 8 heteroatoms. The van der Waals surface area contributed by atoms with Gasteiger partial charge in [0.15, 0.2) is 11.5 Å². The van der Waals surface area contributed by atoms with Crippen molar-refractivity contribution in [1.82, 2.24) is 9.97 Å². The van der Waals surface area contributed by atoms with Crippen molar-refractivity contribution in [2.75, 3.05) is 24.5 Å². The number of ether oxygens (including phenoxy) is 3. The first kappa shape index (κ1) is 18.5. The van der Waals surface area contributed by atoms with Crippen LogP contribution < -0.4 is 20.1 Å². The minimum Gasteiger partial charge on any atom is -0.465 e. The molecule has 2 heterocycles. The number of nitrogens with one attached hydrogen (secondary N) is 2. The van der Waals surface area contributed by atoms with E-state index >= 15 is 0 Å². The molecule has 0 radical (unpaired) electrons. The van der Waals surface area contributed by atoms with Gasteiger partial charge in [0.05, 0.1) is 18.4 Å². The first-order valence-electron chi connectivity index (χ1n) is 9.05. The smallest absolute Gasteiger partial charge is 0.339 e. The monoisotopic (exact) mass is 392 g/mol. The van der Waals surface area contributed by atoms with Crippen LogP contribution in [0.1, 0.15) is 21.6 Å². The summed E-state index contributed by atoms with van der Waals surface area (Å²) in [6.45, 7) is 2.69. The predicted octanol–water partition coefficient (Wildman–Crippen LogP) is 3.66. The summed E-state index contributed by atoms with van der Waals surface area (Å²) < 4.78 is 15.6. The van der Waals surface area contributed by atoms with Crippen LogP contribution in [0.2, 0.25) is 0 Å². The van der Waals surface area contributed by atoms with Gasteiger partial charge in [-0.1, -0.05) is 18.2 Å². The molecule has 2 aromatic carbocycles. The zero-order valence-corrected chi connectivity index (χ0v) is 16.1. The van der Waals surface area contributed by atoms with Gasteiger partial charge in [-0.3, -0.25) is 0 Å². The fourth-order valence-corrected chi connectivity index (χ4v) is 2.96. The van der Waals surface area contributed by atoms with Crippen LogP contribution in [0.15, 0.2) is 48.5 Å². The van der Waals surface area contributed by atoms with E-state index in [0.717, 1.165) is 22.8 Å². The summed E-state index contributed by atoms with van der Waals surface area (Å²) in [5.74, 6) is 2.11. The van der Waals surface area contributed by atoms with E-state index in [2.05, 4.69) is 20.6 Å². The Kier molecular flexibility index (Phi) is 5.15. The van der Waals surface area contributed by atoms with E-state index < -0.39 is 5.97 Å². The Morgan fingerprint density at radius 1 is 1.10 bits per heavy atom. The van der Waals surface area contributed by atoms with Crippen LogP contribution in [0.3, 0.4) is 0 Å². The molecule has 0 atom stereocenters. The number of para-hydroxylation sites is 1. The van der Waals surface area contributed by atoms with E-state index in [9.17, 15) is 4.79 Å². The van der Waals surface area contributed by atoms with Gasteiger partial charge in [0.2, 0.25) is 12.7 Å². The van der Waals surface area contributed by atoms with Crippen LogP contribution in [0.25, 0.3) is 0 Å². The number of hydrogen-bond acceptors (Lipinski definition) is 8. The Morgan fingerprint density at radius 2 is 1.93 bits per heavy atom. The third-order valence-electron chi connectivity index (χ3n) is 4.34. The lowest BCUT2D eigenvalue weighted by Gasteiger charge is -2.12. The van der Waals surface area contributed by atoms with Crippen molar-refractivity contribution in [2.45, 2.75) is 13.5 Å². The van der Waals surface area contributed by atoms with E-state index in [1.54, 1.807) is 18.2 Å². The van der Waals surface area contributed by atoms with Gasteiger partial charge in [0, 0.05) is 18.3 Å². The highest BCUT2D eigenvalue weighted by molar-refractivity contribution is 5.96. The van der Waals surface area contributed by atoms with Crippen LogP contribution in [0, 0.1) is 6.92 Å². The molecule has 29 heavy (non-hydrogen) atoms. The number of aryl methyl sites for hydroxylation is 1. The van der Waals surface area contributed by atoms with Crippen LogP contribution in [0.4, 0.5) is 17.5 Å².